The molecule has 0 unspecified atom stereocenters. The van der Waals surface area contributed by atoms with Crippen LogP contribution < -0.4 is 4.72 Å². The van der Waals surface area contributed by atoms with Crippen molar-refractivity contribution in [3.63, 3.8) is 0 Å². The van der Waals surface area contributed by atoms with E-state index in [1.807, 2.05) is 10.8 Å². The molecular formula is C25H33F6NO3SSi. The highest BCUT2D eigenvalue weighted by molar-refractivity contribution is 7.91. The number of aryl methyl sites for hydroxylation is 2. The molecule has 4 nitrogen and oxygen atoms in total. The van der Waals surface area contributed by atoms with E-state index in [1.165, 1.54) is 0 Å². The van der Waals surface area contributed by atoms with Crippen LogP contribution in [0.5, 0.6) is 0 Å². The van der Waals surface area contributed by atoms with Gasteiger partial charge in [-0.05, 0) is 67.2 Å². The molecule has 37 heavy (non-hydrogen) atoms. The minimum absolute atomic E-state index is 0.0561. The molecule has 0 spiro atoms. The van der Waals surface area contributed by atoms with Crippen LogP contribution in [0.4, 0.5) is 32.0 Å². The number of sulfonamides is 1. The summed E-state index contributed by atoms with van der Waals surface area (Å²) in [5.41, 5.74) is -1.99. The van der Waals surface area contributed by atoms with Gasteiger partial charge < -0.3 is 4.43 Å². The van der Waals surface area contributed by atoms with Gasteiger partial charge in [0.05, 0.1) is 16.9 Å². The number of halogens is 6. The van der Waals surface area contributed by atoms with Crippen LogP contribution in [-0.2, 0) is 39.0 Å². The second-order valence-corrected chi connectivity index (χ2v) is 17.2. The highest BCUT2D eigenvalue weighted by atomic mass is 32.2. The highest BCUT2D eigenvalue weighted by Gasteiger charge is 2.38. The summed E-state index contributed by atoms with van der Waals surface area (Å²) >= 11 is 0. The van der Waals surface area contributed by atoms with Gasteiger partial charge in [0.1, 0.15) is 0 Å². The van der Waals surface area contributed by atoms with E-state index in [0.29, 0.717) is 37.1 Å². The van der Waals surface area contributed by atoms with Crippen molar-refractivity contribution in [2.45, 2.75) is 76.8 Å². The Morgan fingerprint density at radius 1 is 0.838 bits per heavy atom. The SMILES string of the molecule is Cc1cc(CCCO[Si](C)(C)C(C)(C)C)cc(CS(=O)(=O)Nc2cc(C(F)(F)F)cc(C(F)(F)F)c2)c1. The van der Waals surface area contributed by atoms with E-state index in [9.17, 15) is 34.8 Å². The number of rotatable bonds is 9. The maximum absolute atomic E-state index is 13.1. The first kappa shape index (κ1) is 31.2. The summed E-state index contributed by atoms with van der Waals surface area (Å²) in [5, 5.41) is 0.0747. The molecule has 0 bridgehead atoms. The minimum atomic E-state index is -5.08. The zero-order valence-electron chi connectivity index (χ0n) is 21.7. The summed E-state index contributed by atoms with van der Waals surface area (Å²) in [7, 11) is -6.20. The molecule has 0 aromatic heterocycles. The van der Waals surface area contributed by atoms with Crippen LogP contribution in [0.2, 0.25) is 18.1 Å². The van der Waals surface area contributed by atoms with Gasteiger partial charge in [-0.1, -0.05) is 44.5 Å². The third kappa shape index (κ3) is 9.33. The van der Waals surface area contributed by atoms with Gasteiger partial charge in [-0.2, -0.15) is 26.3 Å². The normalized spacial score (nSPS) is 13.6. The molecule has 0 saturated carbocycles. The molecule has 0 aliphatic heterocycles. The summed E-state index contributed by atoms with van der Waals surface area (Å²) in [6.45, 7) is 13.1. The molecule has 0 amide bonds. The van der Waals surface area contributed by atoms with Crippen molar-refractivity contribution >= 4 is 24.0 Å². The molecular weight excluding hydrogens is 536 g/mol. The lowest BCUT2D eigenvalue weighted by Crippen LogP contribution is -2.41. The Labute approximate surface area is 215 Å². The zero-order chi connectivity index (χ0) is 28.4. The molecule has 0 heterocycles. The quantitative estimate of drug-likeness (QED) is 0.190. The van der Waals surface area contributed by atoms with Crippen molar-refractivity contribution in [2.75, 3.05) is 11.3 Å². The van der Waals surface area contributed by atoms with Gasteiger partial charge in [0.15, 0.2) is 8.32 Å². The average Bonchev–Trinajstić information content (AvgIpc) is 2.67. The fraction of sp³-hybridized carbons (Fsp3) is 0.520. The molecule has 0 fully saturated rings. The van der Waals surface area contributed by atoms with E-state index in [4.69, 9.17) is 4.43 Å². The van der Waals surface area contributed by atoms with Gasteiger partial charge in [-0.25, -0.2) is 8.42 Å². The van der Waals surface area contributed by atoms with Gasteiger partial charge in [0.25, 0.3) is 0 Å². The maximum atomic E-state index is 13.1. The van der Waals surface area contributed by atoms with Crippen molar-refractivity contribution in [2.24, 2.45) is 0 Å². The van der Waals surface area contributed by atoms with Crippen molar-refractivity contribution in [3.8, 4) is 0 Å². The van der Waals surface area contributed by atoms with Crippen molar-refractivity contribution in [3.05, 3.63) is 64.2 Å². The van der Waals surface area contributed by atoms with Crippen LogP contribution in [0.3, 0.4) is 0 Å². The Bertz CT molecular complexity index is 1170. The van der Waals surface area contributed by atoms with E-state index in [0.717, 1.165) is 11.1 Å². The predicted octanol–water partition coefficient (Wildman–Crippen LogP) is 7.93. The van der Waals surface area contributed by atoms with Gasteiger partial charge in [-0.3, -0.25) is 4.72 Å². The third-order valence-corrected chi connectivity index (χ3v) is 12.1. The zero-order valence-corrected chi connectivity index (χ0v) is 23.5. The molecule has 2 aromatic rings. The minimum Gasteiger partial charge on any atom is -0.417 e. The Morgan fingerprint density at radius 3 is 1.84 bits per heavy atom. The number of nitrogens with one attached hydrogen (secondary N) is 1. The Morgan fingerprint density at radius 2 is 1.35 bits per heavy atom. The topological polar surface area (TPSA) is 55.4 Å². The molecule has 1 N–H and O–H groups in total. The largest absolute Gasteiger partial charge is 0.417 e. The fourth-order valence-corrected chi connectivity index (χ4v) is 5.69. The van der Waals surface area contributed by atoms with Gasteiger partial charge in [-0.15, -0.1) is 0 Å². The van der Waals surface area contributed by atoms with Crippen LogP contribution >= 0.6 is 0 Å². The van der Waals surface area contributed by atoms with Crippen LogP contribution in [0.25, 0.3) is 0 Å². The molecule has 2 aromatic carbocycles. The fourth-order valence-electron chi connectivity index (χ4n) is 3.44. The van der Waals surface area contributed by atoms with E-state index in [-0.39, 0.29) is 11.1 Å². The van der Waals surface area contributed by atoms with E-state index >= 15 is 0 Å². The standard InChI is InChI=1S/C25H33F6NO3SSi/c1-17-10-18(8-7-9-35-37(5,6)23(2,3)4)12-19(11-17)16-36(33,34)32-22-14-20(24(26,27)28)13-21(15-22)25(29,30)31/h10-15,32H,7-9,16H2,1-6H3. The summed E-state index contributed by atoms with van der Waals surface area (Å²) in [6, 6.07) is 5.82. The van der Waals surface area contributed by atoms with Gasteiger partial charge in [0, 0.05) is 12.3 Å². The third-order valence-electron chi connectivity index (χ3n) is 6.29. The second-order valence-electron chi connectivity index (χ2n) is 10.7. The second kappa shape index (κ2) is 11.0. The molecule has 0 aliphatic rings. The lowest BCUT2D eigenvalue weighted by Gasteiger charge is -2.36. The molecule has 0 saturated heterocycles. The van der Waals surface area contributed by atoms with Crippen LogP contribution in [-0.4, -0.2) is 23.3 Å². The van der Waals surface area contributed by atoms with E-state index in [1.54, 1.807) is 19.1 Å². The van der Waals surface area contributed by atoms with Crippen LogP contribution in [0.15, 0.2) is 36.4 Å². The van der Waals surface area contributed by atoms with E-state index in [2.05, 4.69) is 33.9 Å². The molecule has 2 rings (SSSR count). The number of hydrogen-bond acceptors (Lipinski definition) is 3. The first-order valence-electron chi connectivity index (χ1n) is 11.6. The summed E-state index contributed by atoms with van der Waals surface area (Å²) in [4.78, 5) is 0. The monoisotopic (exact) mass is 569 g/mol. The van der Waals surface area contributed by atoms with Crippen LogP contribution in [0, 0.1) is 6.92 Å². The maximum Gasteiger partial charge on any atom is 0.416 e. The highest BCUT2D eigenvalue weighted by Crippen LogP contribution is 2.38. The number of hydrogen-bond donors (Lipinski definition) is 1. The molecule has 0 atom stereocenters. The van der Waals surface area contributed by atoms with Gasteiger partial charge >= 0.3 is 12.4 Å². The number of anilines is 1. The lowest BCUT2D eigenvalue weighted by molar-refractivity contribution is -0.143. The molecule has 0 radical (unpaired) electrons. The molecule has 0 aliphatic carbocycles. The Hall–Kier alpha value is -2.05. The van der Waals surface area contributed by atoms with Gasteiger partial charge in [0.2, 0.25) is 10.0 Å². The van der Waals surface area contributed by atoms with E-state index < -0.39 is 53.3 Å². The summed E-state index contributed by atoms with van der Waals surface area (Å²) in [6.07, 6.45) is -8.83. The summed E-state index contributed by atoms with van der Waals surface area (Å²) < 4.78 is 112. The van der Waals surface area contributed by atoms with Crippen LogP contribution in [0.1, 0.15) is 55.0 Å². The smallest absolute Gasteiger partial charge is 0.416 e. The lowest BCUT2D eigenvalue weighted by atomic mass is 10.0. The first-order chi connectivity index (χ1) is 16.6. The van der Waals surface area contributed by atoms with Crippen molar-refractivity contribution < 1.29 is 39.2 Å². The Kier molecular flexibility index (Phi) is 9.24. The predicted molar refractivity (Wildman–Crippen MR) is 135 cm³/mol. The summed E-state index contributed by atoms with van der Waals surface area (Å²) in [5.74, 6) is -0.611. The van der Waals surface area contributed by atoms with Crippen molar-refractivity contribution in [1.29, 1.82) is 0 Å². The number of alkyl halides is 6. The first-order valence-corrected chi connectivity index (χ1v) is 16.2. The molecule has 12 heteroatoms. The molecule has 208 valence electrons. The number of benzene rings is 2. The average molecular weight is 570 g/mol. The van der Waals surface area contributed by atoms with Crippen molar-refractivity contribution in [1.82, 2.24) is 0 Å². The Balaban J connectivity index is 2.17.